The van der Waals surface area contributed by atoms with Gasteiger partial charge in [0.15, 0.2) is 0 Å². The van der Waals surface area contributed by atoms with Crippen LogP contribution in [0.5, 0.6) is 0 Å². The third kappa shape index (κ3) is 3.85. The maximum Gasteiger partial charge on any atom is 0.0317 e. The number of hydrogen-bond donors (Lipinski definition) is 1. The number of benzene rings is 1. The zero-order valence-electron chi connectivity index (χ0n) is 11.0. The van der Waals surface area contributed by atoms with Gasteiger partial charge >= 0.3 is 0 Å². The summed E-state index contributed by atoms with van der Waals surface area (Å²) in [7, 11) is 0. The molecule has 0 amide bonds. The summed E-state index contributed by atoms with van der Waals surface area (Å²) in [5.41, 5.74) is 1.44. The molecule has 17 heavy (non-hydrogen) atoms. The molecule has 1 atom stereocenters. The molecular weight excluding hydrogens is 206 g/mol. The maximum absolute atomic E-state index is 3.76. The van der Waals surface area contributed by atoms with Crippen LogP contribution < -0.4 is 5.32 Å². The molecule has 2 rings (SSSR count). The number of nitrogens with one attached hydrogen (secondary N) is 1. The Morgan fingerprint density at radius 3 is 2.47 bits per heavy atom. The van der Waals surface area contributed by atoms with E-state index in [9.17, 15) is 0 Å². The average molecular weight is 231 g/mol. The Morgan fingerprint density at radius 2 is 1.82 bits per heavy atom. The van der Waals surface area contributed by atoms with E-state index in [1.54, 1.807) is 0 Å². The van der Waals surface area contributed by atoms with Gasteiger partial charge in [0.2, 0.25) is 0 Å². The van der Waals surface area contributed by atoms with Gasteiger partial charge in [-0.2, -0.15) is 0 Å². The molecule has 0 bridgehead atoms. The first-order valence-electron chi connectivity index (χ1n) is 7.18. The van der Waals surface area contributed by atoms with E-state index in [0.717, 1.165) is 5.92 Å². The summed E-state index contributed by atoms with van der Waals surface area (Å²) in [6, 6.07) is 11.4. The standard InChI is InChI=1S/C16H25N/c1-2-16(15-11-7-4-8-12-15)17-13-14-9-5-3-6-10-14/h4,7-8,11-12,14,16-17H,2-3,5-6,9-10,13H2,1H3. The molecule has 0 spiro atoms. The molecule has 1 heteroatoms. The van der Waals surface area contributed by atoms with Gasteiger partial charge in [-0.15, -0.1) is 0 Å². The number of hydrogen-bond acceptors (Lipinski definition) is 1. The molecule has 0 heterocycles. The maximum atomic E-state index is 3.76. The molecule has 1 aromatic rings. The van der Waals surface area contributed by atoms with E-state index in [4.69, 9.17) is 0 Å². The lowest BCUT2D eigenvalue weighted by Gasteiger charge is -2.25. The molecule has 0 aromatic heterocycles. The zero-order chi connectivity index (χ0) is 11.9. The predicted octanol–water partition coefficient (Wildman–Crippen LogP) is 4.31. The van der Waals surface area contributed by atoms with Crippen molar-refractivity contribution in [2.75, 3.05) is 6.54 Å². The lowest BCUT2D eigenvalue weighted by Crippen LogP contribution is -2.28. The van der Waals surface area contributed by atoms with Gasteiger partial charge in [0.05, 0.1) is 0 Å². The van der Waals surface area contributed by atoms with E-state index in [1.807, 2.05) is 0 Å². The topological polar surface area (TPSA) is 12.0 Å². The Hall–Kier alpha value is -0.820. The Kier molecular flexibility index (Phi) is 5.06. The Labute approximate surface area is 106 Å². The van der Waals surface area contributed by atoms with Crippen molar-refractivity contribution in [3.8, 4) is 0 Å². The molecule has 1 aliphatic rings. The van der Waals surface area contributed by atoms with Crippen molar-refractivity contribution in [1.82, 2.24) is 5.32 Å². The molecule has 0 saturated heterocycles. The lowest BCUT2D eigenvalue weighted by atomic mass is 9.89. The normalized spacial score (nSPS) is 19.1. The first-order chi connectivity index (χ1) is 8.40. The van der Waals surface area contributed by atoms with Gasteiger partial charge in [-0.25, -0.2) is 0 Å². The Balaban J connectivity index is 1.83. The minimum Gasteiger partial charge on any atom is -0.310 e. The van der Waals surface area contributed by atoms with Crippen molar-refractivity contribution in [2.24, 2.45) is 5.92 Å². The summed E-state index contributed by atoms with van der Waals surface area (Å²) in [6.07, 6.45) is 8.36. The third-order valence-corrected chi connectivity index (χ3v) is 3.99. The van der Waals surface area contributed by atoms with Crippen molar-refractivity contribution in [3.63, 3.8) is 0 Å². The van der Waals surface area contributed by atoms with Gasteiger partial charge in [0.25, 0.3) is 0 Å². The van der Waals surface area contributed by atoms with Gasteiger partial charge in [-0.05, 0) is 37.3 Å². The van der Waals surface area contributed by atoms with Crippen molar-refractivity contribution >= 4 is 0 Å². The van der Waals surface area contributed by atoms with E-state index >= 15 is 0 Å². The van der Waals surface area contributed by atoms with E-state index < -0.39 is 0 Å². The molecule has 94 valence electrons. The van der Waals surface area contributed by atoms with Crippen LogP contribution in [-0.2, 0) is 0 Å². The van der Waals surface area contributed by atoms with Crippen molar-refractivity contribution in [3.05, 3.63) is 35.9 Å². The molecular formula is C16H25N. The predicted molar refractivity (Wildman–Crippen MR) is 74.1 cm³/mol. The summed E-state index contributed by atoms with van der Waals surface area (Å²) in [5.74, 6) is 0.918. The number of rotatable bonds is 5. The monoisotopic (exact) mass is 231 g/mol. The van der Waals surface area contributed by atoms with Crippen molar-refractivity contribution in [1.29, 1.82) is 0 Å². The first-order valence-corrected chi connectivity index (χ1v) is 7.18. The smallest absolute Gasteiger partial charge is 0.0317 e. The van der Waals surface area contributed by atoms with Crippen LogP contribution in [0, 0.1) is 5.92 Å². The fourth-order valence-electron chi connectivity index (χ4n) is 2.88. The minimum atomic E-state index is 0.540. The average Bonchev–Trinajstić information content (AvgIpc) is 2.42. The van der Waals surface area contributed by atoms with Crippen LogP contribution in [0.1, 0.15) is 57.1 Å². The molecule has 1 aromatic carbocycles. The van der Waals surface area contributed by atoms with E-state index in [-0.39, 0.29) is 0 Å². The van der Waals surface area contributed by atoms with E-state index in [2.05, 4.69) is 42.6 Å². The van der Waals surface area contributed by atoms with E-state index in [1.165, 1.54) is 50.6 Å². The van der Waals surface area contributed by atoms with Gasteiger partial charge in [0, 0.05) is 6.04 Å². The largest absolute Gasteiger partial charge is 0.310 e. The molecule has 1 unspecified atom stereocenters. The SMILES string of the molecule is CCC(NCC1CCCCC1)c1ccccc1. The summed E-state index contributed by atoms with van der Waals surface area (Å²) in [4.78, 5) is 0. The van der Waals surface area contributed by atoms with Crippen molar-refractivity contribution in [2.45, 2.75) is 51.5 Å². The Morgan fingerprint density at radius 1 is 1.12 bits per heavy atom. The second-order valence-electron chi connectivity index (χ2n) is 5.28. The second kappa shape index (κ2) is 6.80. The fourth-order valence-corrected chi connectivity index (χ4v) is 2.88. The molecule has 1 nitrogen and oxygen atoms in total. The third-order valence-electron chi connectivity index (χ3n) is 3.99. The lowest BCUT2D eigenvalue weighted by molar-refractivity contribution is 0.326. The highest BCUT2D eigenvalue weighted by molar-refractivity contribution is 5.18. The van der Waals surface area contributed by atoms with Gasteiger partial charge in [-0.3, -0.25) is 0 Å². The summed E-state index contributed by atoms with van der Waals surface area (Å²) >= 11 is 0. The second-order valence-corrected chi connectivity index (χ2v) is 5.28. The van der Waals surface area contributed by atoms with Crippen LogP contribution in [0.4, 0.5) is 0 Å². The van der Waals surface area contributed by atoms with Gasteiger partial charge in [-0.1, -0.05) is 56.5 Å². The summed E-state index contributed by atoms with van der Waals surface area (Å²) < 4.78 is 0. The van der Waals surface area contributed by atoms with Crippen LogP contribution in [-0.4, -0.2) is 6.54 Å². The molecule has 1 fully saturated rings. The van der Waals surface area contributed by atoms with Crippen LogP contribution >= 0.6 is 0 Å². The van der Waals surface area contributed by atoms with Crippen LogP contribution in [0.2, 0.25) is 0 Å². The fraction of sp³-hybridized carbons (Fsp3) is 0.625. The molecule has 1 N–H and O–H groups in total. The quantitative estimate of drug-likeness (QED) is 0.796. The minimum absolute atomic E-state index is 0.540. The molecule has 0 aliphatic heterocycles. The molecule has 1 saturated carbocycles. The van der Waals surface area contributed by atoms with Gasteiger partial charge in [0.1, 0.15) is 0 Å². The highest BCUT2D eigenvalue weighted by atomic mass is 14.9. The van der Waals surface area contributed by atoms with Gasteiger partial charge < -0.3 is 5.32 Å². The first kappa shape index (κ1) is 12.6. The molecule has 0 radical (unpaired) electrons. The van der Waals surface area contributed by atoms with Crippen LogP contribution in [0.3, 0.4) is 0 Å². The van der Waals surface area contributed by atoms with E-state index in [0.29, 0.717) is 6.04 Å². The van der Waals surface area contributed by atoms with Crippen molar-refractivity contribution < 1.29 is 0 Å². The Bertz CT molecular complexity index is 301. The van der Waals surface area contributed by atoms with Crippen LogP contribution in [0.25, 0.3) is 0 Å². The summed E-state index contributed by atoms with van der Waals surface area (Å²) in [5, 5.41) is 3.76. The van der Waals surface area contributed by atoms with Crippen LogP contribution in [0.15, 0.2) is 30.3 Å². The zero-order valence-corrected chi connectivity index (χ0v) is 11.0. The molecule has 1 aliphatic carbocycles. The highest BCUT2D eigenvalue weighted by Gasteiger charge is 2.15. The highest BCUT2D eigenvalue weighted by Crippen LogP contribution is 2.24. The summed E-state index contributed by atoms with van der Waals surface area (Å²) in [6.45, 7) is 3.47.